The van der Waals surface area contributed by atoms with Gasteiger partial charge in [0.05, 0.1) is 6.04 Å². The van der Waals surface area contributed by atoms with Crippen LogP contribution < -0.4 is 0 Å². The van der Waals surface area contributed by atoms with Gasteiger partial charge in [-0.3, -0.25) is 9.88 Å². The van der Waals surface area contributed by atoms with Crippen LogP contribution in [0.5, 0.6) is 0 Å². The van der Waals surface area contributed by atoms with Crippen LogP contribution in [0.3, 0.4) is 0 Å². The van der Waals surface area contributed by atoms with Gasteiger partial charge in [0.15, 0.2) is 0 Å². The van der Waals surface area contributed by atoms with Crippen LogP contribution in [0.1, 0.15) is 36.4 Å². The van der Waals surface area contributed by atoms with Crippen LogP contribution >= 0.6 is 0 Å². The van der Waals surface area contributed by atoms with E-state index >= 15 is 0 Å². The zero-order valence-corrected chi connectivity index (χ0v) is 14.9. The molecule has 0 radical (unpaired) electrons. The summed E-state index contributed by atoms with van der Waals surface area (Å²) in [6, 6.07) is 9.87. The van der Waals surface area contributed by atoms with Gasteiger partial charge in [-0.25, -0.2) is 4.39 Å². The molecule has 5 nitrogen and oxygen atoms in total. The van der Waals surface area contributed by atoms with E-state index < -0.39 is 0 Å². The Kier molecular flexibility index (Phi) is 5.40. The molecule has 3 rings (SSSR count). The number of pyridine rings is 1. The third-order valence-corrected chi connectivity index (χ3v) is 3.91. The fraction of sp³-hybridized carbons (Fsp3) is 0.250. The Morgan fingerprint density at radius 2 is 1.96 bits per heavy atom. The lowest BCUT2D eigenvalue weighted by Crippen LogP contribution is -2.19. The molecule has 3 aromatic rings. The molecule has 0 aliphatic carbocycles. The molecule has 0 bridgehead atoms. The quantitative estimate of drug-likeness (QED) is 0.672. The minimum atomic E-state index is -0.304. The third-order valence-electron chi connectivity index (χ3n) is 3.91. The Hall–Kier alpha value is -3.04. The molecule has 0 saturated heterocycles. The summed E-state index contributed by atoms with van der Waals surface area (Å²) in [6.07, 6.45) is 2.51. The Morgan fingerprint density at radius 1 is 1.15 bits per heavy atom. The summed E-state index contributed by atoms with van der Waals surface area (Å²) in [5, 5.41) is 4.02. The van der Waals surface area contributed by atoms with E-state index in [2.05, 4.69) is 33.9 Å². The van der Waals surface area contributed by atoms with Crippen molar-refractivity contribution >= 4 is 0 Å². The van der Waals surface area contributed by atoms with Crippen molar-refractivity contribution in [3.05, 3.63) is 65.4 Å². The largest absolute Gasteiger partial charge is 0.337 e. The second-order valence-electron chi connectivity index (χ2n) is 6.04. The van der Waals surface area contributed by atoms with E-state index in [1.165, 1.54) is 12.1 Å². The molecule has 2 heterocycles. The van der Waals surface area contributed by atoms with E-state index in [1.54, 1.807) is 24.4 Å². The standard InChI is InChI=1S/C20H19FN4O/c1-4-18(25(2)3)20-23-19(24-26-20)17-11-10-15(13-22-17)9-8-14-6-5-7-16(21)12-14/h5-7,10-13,18H,4H2,1-3H3. The van der Waals surface area contributed by atoms with Crippen LogP contribution in [0.25, 0.3) is 11.5 Å². The average molecular weight is 350 g/mol. The Balaban J connectivity index is 1.77. The molecule has 0 aliphatic rings. The van der Waals surface area contributed by atoms with Crippen molar-refractivity contribution in [3.8, 4) is 23.4 Å². The second kappa shape index (κ2) is 7.89. The van der Waals surface area contributed by atoms with Gasteiger partial charge < -0.3 is 4.52 Å². The van der Waals surface area contributed by atoms with Gasteiger partial charge in [0, 0.05) is 17.3 Å². The molecule has 0 saturated carbocycles. The first-order valence-electron chi connectivity index (χ1n) is 8.31. The number of hydrogen-bond acceptors (Lipinski definition) is 5. The molecule has 0 N–H and O–H groups in total. The summed E-state index contributed by atoms with van der Waals surface area (Å²) >= 11 is 0. The summed E-state index contributed by atoms with van der Waals surface area (Å²) in [6.45, 7) is 2.07. The molecule has 26 heavy (non-hydrogen) atoms. The van der Waals surface area contributed by atoms with Gasteiger partial charge in [-0.1, -0.05) is 30.0 Å². The molecular weight excluding hydrogens is 331 g/mol. The number of benzene rings is 1. The van der Waals surface area contributed by atoms with Crippen molar-refractivity contribution in [1.29, 1.82) is 0 Å². The number of nitrogens with zero attached hydrogens (tertiary/aromatic N) is 4. The van der Waals surface area contributed by atoms with Crippen LogP contribution in [0.2, 0.25) is 0 Å². The first kappa shape index (κ1) is 17.8. The van der Waals surface area contributed by atoms with Gasteiger partial charge in [-0.2, -0.15) is 4.98 Å². The van der Waals surface area contributed by atoms with Gasteiger partial charge in [-0.15, -0.1) is 0 Å². The number of aromatic nitrogens is 3. The normalized spacial score (nSPS) is 11.9. The maximum absolute atomic E-state index is 13.2. The van der Waals surface area contributed by atoms with Crippen molar-refractivity contribution in [3.63, 3.8) is 0 Å². The Bertz CT molecular complexity index is 938. The lowest BCUT2D eigenvalue weighted by Gasteiger charge is -2.17. The summed E-state index contributed by atoms with van der Waals surface area (Å²) in [5.74, 6) is 6.60. The Morgan fingerprint density at radius 3 is 2.62 bits per heavy atom. The molecule has 0 fully saturated rings. The Labute approximate surface area is 151 Å². The molecule has 0 amide bonds. The van der Waals surface area contributed by atoms with Crippen molar-refractivity contribution in [2.24, 2.45) is 0 Å². The monoisotopic (exact) mass is 350 g/mol. The molecule has 0 spiro atoms. The fourth-order valence-electron chi connectivity index (χ4n) is 2.55. The van der Waals surface area contributed by atoms with Gasteiger partial charge >= 0.3 is 0 Å². The highest BCUT2D eigenvalue weighted by Crippen LogP contribution is 2.22. The zero-order chi connectivity index (χ0) is 18.5. The molecular formula is C20H19FN4O. The maximum atomic E-state index is 13.2. The average Bonchev–Trinajstić information content (AvgIpc) is 3.10. The lowest BCUT2D eigenvalue weighted by molar-refractivity contribution is 0.224. The van der Waals surface area contributed by atoms with Crippen LogP contribution in [0, 0.1) is 17.7 Å². The zero-order valence-electron chi connectivity index (χ0n) is 14.9. The maximum Gasteiger partial charge on any atom is 0.244 e. The summed E-state index contributed by atoms with van der Waals surface area (Å²) in [7, 11) is 3.95. The molecule has 1 unspecified atom stereocenters. The fourth-order valence-corrected chi connectivity index (χ4v) is 2.55. The van der Waals surface area contributed by atoms with Crippen LogP contribution in [-0.4, -0.2) is 34.1 Å². The van der Waals surface area contributed by atoms with Crippen molar-refractivity contribution in [2.45, 2.75) is 19.4 Å². The molecule has 0 aliphatic heterocycles. The predicted octanol–water partition coefficient (Wildman–Crippen LogP) is 3.68. The van der Waals surface area contributed by atoms with E-state index in [-0.39, 0.29) is 11.9 Å². The highest BCUT2D eigenvalue weighted by Gasteiger charge is 2.20. The molecule has 1 atom stereocenters. The molecule has 1 aromatic carbocycles. The summed E-state index contributed by atoms with van der Waals surface area (Å²) in [5.41, 5.74) is 1.96. The summed E-state index contributed by atoms with van der Waals surface area (Å²) < 4.78 is 18.5. The van der Waals surface area contributed by atoms with Gasteiger partial charge in [0.2, 0.25) is 11.7 Å². The SMILES string of the molecule is CCC(c1nc(-c2ccc(C#Cc3cccc(F)c3)cn2)no1)N(C)C. The number of halogens is 1. The lowest BCUT2D eigenvalue weighted by atomic mass is 10.2. The van der Waals surface area contributed by atoms with Gasteiger partial charge in [-0.05, 0) is 50.8 Å². The first-order chi connectivity index (χ1) is 12.6. The predicted molar refractivity (Wildman–Crippen MR) is 96.6 cm³/mol. The van der Waals surface area contributed by atoms with E-state index in [4.69, 9.17) is 4.52 Å². The van der Waals surface area contributed by atoms with E-state index in [9.17, 15) is 4.39 Å². The minimum Gasteiger partial charge on any atom is -0.337 e. The topological polar surface area (TPSA) is 55.1 Å². The van der Waals surface area contributed by atoms with Crippen LogP contribution in [-0.2, 0) is 0 Å². The molecule has 2 aromatic heterocycles. The summed E-state index contributed by atoms with van der Waals surface area (Å²) in [4.78, 5) is 10.8. The number of hydrogen-bond donors (Lipinski definition) is 0. The van der Waals surface area contributed by atoms with E-state index in [0.29, 0.717) is 23.0 Å². The molecule has 6 heteroatoms. The number of rotatable bonds is 4. The van der Waals surface area contributed by atoms with Gasteiger partial charge in [0.25, 0.3) is 0 Å². The van der Waals surface area contributed by atoms with Crippen molar-refractivity contribution in [1.82, 2.24) is 20.0 Å². The van der Waals surface area contributed by atoms with E-state index in [1.807, 2.05) is 25.1 Å². The molecule has 132 valence electrons. The van der Waals surface area contributed by atoms with Gasteiger partial charge in [0.1, 0.15) is 11.5 Å². The highest BCUT2D eigenvalue weighted by molar-refractivity contribution is 5.50. The highest BCUT2D eigenvalue weighted by atomic mass is 19.1. The minimum absolute atomic E-state index is 0.0765. The van der Waals surface area contributed by atoms with Crippen LogP contribution in [0.4, 0.5) is 4.39 Å². The van der Waals surface area contributed by atoms with E-state index in [0.717, 1.165) is 12.0 Å². The van der Waals surface area contributed by atoms with Crippen molar-refractivity contribution in [2.75, 3.05) is 14.1 Å². The first-order valence-corrected chi connectivity index (χ1v) is 8.31. The van der Waals surface area contributed by atoms with Crippen molar-refractivity contribution < 1.29 is 8.91 Å². The smallest absolute Gasteiger partial charge is 0.244 e. The third kappa shape index (κ3) is 4.13. The second-order valence-corrected chi connectivity index (χ2v) is 6.04. The van der Waals surface area contributed by atoms with Crippen LogP contribution in [0.15, 0.2) is 47.1 Å².